The fourth-order valence-corrected chi connectivity index (χ4v) is 1.69. The lowest BCUT2D eigenvalue weighted by Gasteiger charge is -2.13. The minimum atomic E-state index is -4.69. The van der Waals surface area contributed by atoms with Crippen LogP contribution in [0, 0.1) is 11.3 Å². The largest absolute Gasteiger partial charge is 0.418 e. The number of alkyl halides is 3. The Kier molecular flexibility index (Phi) is 3.58. The van der Waals surface area contributed by atoms with Crippen molar-refractivity contribution in [1.82, 2.24) is 4.98 Å². The number of carbonyl (C=O) groups is 1. The molecule has 0 aliphatic rings. The van der Waals surface area contributed by atoms with Crippen molar-refractivity contribution in [2.45, 2.75) is 6.18 Å². The maximum absolute atomic E-state index is 12.9. The number of aromatic amines is 1. The van der Waals surface area contributed by atoms with Crippen molar-refractivity contribution in [3.05, 3.63) is 47.3 Å². The number of rotatable bonds is 2. The number of carbonyl (C=O) groups excluding carboxylic acids is 1. The maximum atomic E-state index is 12.9. The molecular weight excluding hydrogens is 285 g/mol. The molecule has 0 atom stereocenters. The van der Waals surface area contributed by atoms with Crippen molar-refractivity contribution in [1.29, 1.82) is 5.26 Å². The summed E-state index contributed by atoms with van der Waals surface area (Å²) in [5.41, 5.74) is 4.07. The number of H-pyrrole nitrogens is 1. The number of aromatic nitrogens is 1. The highest BCUT2D eigenvalue weighted by molar-refractivity contribution is 6.04. The third-order valence-electron chi connectivity index (χ3n) is 2.65. The number of nitrogens with zero attached hydrogens (tertiary/aromatic N) is 1. The number of nitrogen functional groups attached to an aromatic ring is 1. The van der Waals surface area contributed by atoms with Crippen molar-refractivity contribution < 1.29 is 18.0 Å². The van der Waals surface area contributed by atoms with Gasteiger partial charge >= 0.3 is 6.18 Å². The smallest absolute Gasteiger partial charge is 0.397 e. The normalized spacial score (nSPS) is 11.0. The van der Waals surface area contributed by atoms with Gasteiger partial charge < -0.3 is 16.0 Å². The summed E-state index contributed by atoms with van der Waals surface area (Å²) in [6, 6.07) is 5.82. The van der Waals surface area contributed by atoms with E-state index in [1.54, 1.807) is 6.07 Å². The molecule has 0 fully saturated rings. The third kappa shape index (κ3) is 3.14. The zero-order valence-corrected chi connectivity index (χ0v) is 10.5. The fraction of sp³-hybridized carbons (Fsp3) is 0.0769. The molecule has 1 aromatic heterocycles. The lowest BCUT2D eigenvalue weighted by Crippen LogP contribution is -2.17. The van der Waals surface area contributed by atoms with Gasteiger partial charge in [-0.3, -0.25) is 4.79 Å². The number of halogens is 3. The highest BCUT2D eigenvalue weighted by Gasteiger charge is 2.34. The highest BCUT2D eigenvalue weighted by Crippen LogP contribution is 2.35. The van der Waals surface area contributed by atoms with Gasteiger partial charge in [0.1, 0.15) is 5.69 Å². The molecular formula is C13H9F3N4O. The summed E-state index contributed by atoms with van der Waals surface area (Å²) in [6.45, 7) is 0. The van der Waals surface area contributed by atoms with Crippen LogP contribution in [0.4, 0.5) is 24.5 Å². The second-order valence-electron chi connectivity index (χ2n) is 4.17. The van der Waals surface area contributed by atoms with Gasteiger partial charge in [0.15, 0.2) is 0 Å². The zero-order chi connectivity index (χ0) is 15.6. The minimum Gasteiger partial charge on any atom is -0.397 e. The Morgan fingerprint density at radius 3 is 2.57 bits per heavy atom. The SMILES string of the molecule is N#Cc1ccc(NC(=O)c2cc(N)c[nH]2)c(C(F)(F)F)c1. The van der Waals surface area contributed by atoms with Gasteiger partial charge in [-0.2, -0.15) is 18.4 Å². The molecule has 5 nitrogen and oxygen atoms in total. The Morgan fingerprint density at radius 2 is 2.05 bits per heavy atom. The number of hydrogen-bond acceptors (Lipinski definition) is 3. The van der Waals surface area contributed by atoms with Gasteiger partial charge in [0.05, 0.1) is 22.9 Å². The van der Waals surface area contributed by atoms with E-state index in [9.17, 15) is 18.0 Å². The summed E-state index contributed by atoms with van der Waals surface area (Å²) < 4.78 is 38.8. The first-order valence-electron chi connectivity index (χ1n) is 5.68. The van der Waals surface area contributed by atoms with E-state index >= 15 is 0 Å². The number of benzene rings is 1. The summed E-state index contributed by atoms with van der Waals surface area (Å²) in [5, 5.41) is 10.8. The summed E-state index contributed by atoms with van der Waals surface area (Å²) in [4.78, 5) is 14.4. The predicted molar refractivity (Wildman–Crippen MR) is 69.3 cm³/mol. The first-order valence-corrected chi connectivity index (χ1v) is 5.68. The molecule has 1 aromatic carbocycles. The molecule has 108 valence electrons. The van der Waals surface area contributed by atoms with Crippen molar-refractivity contribution >= 4 is 17.3 Å². The molecule has 1 amide bonds. The van der Waals surface area contributed by atoms with E-state index in [-0.39, 0.29) is 16.9 Å². The lowest BCUT2D eigenvalue weighted by molar-refractivity contribution is -0.136. The molecule has 0 aliphatic heterocycles. The van der Waals surface area contributed by atoms with E-state index in [0.29, 0.717) is 6.07 Å². The summed E-state index contributed by atoms with van der Waals surface area (Å²) in [6.07, 6.45) is -3.34. The van der Waals surface area contributed by atoms with Gasteiger partial charge in [-0.1, -0.05) is 0 Å². The molecule has 0 spiro atoms. The van der Waals surface area contributed by atoms with E-state index in [1.165, 1.54) is 18.3 Å². The number of hydrogen-bond donors (Lipinski definition) is 3. The van der Waals surface area contributed by atoms with Crippen LogP contribution in [0.1, 0.15) is 21.6 Å². The lowest BCUT2D eigenvalue weighted by atomic mass is 10.1. The van der Waals surface area contributed by atoms with Crippen LogP contribution in [0.5, 0.6) is 0 Å². The van der Waals surface area contributed by atoms with E-state index in [1.807, 2.05) is 0 Å². The van der Waals surface area contributed by atoms with Crippen LogP contribution in [0.25, 0.3) is 0 Å². The van der Waals surface area contributed by atoms with Crippen LogP contribution < -0.4 is 11.1 Å². The fourth-order valence-electron chi connectivity index (χ4n) is 1.69. The monoisotopic (exact) mass is 294 g/mol. The topological polar surface area (TPSA) is 94.7 Å². The molecule has 2 aromatic rings. The average molecular weight is 294 g/mol. The quantitative estimate of drug-likeness (QED) is 0.794. The average Bonchev–Trinajstić information content (AvgIpc) is 2.84. The van der Waals surface area contributed by atoms with Crippen molar-refractivity contribution in [3.63, 3.8) is 0 Å². The van der Waals surface area contributed by atoms with Crippen LogP contribution in [-0.4, -0.2) is 10.9 Å². The molecule has 4 N–H and O–H groups in total. The molecule has 2 rings (SSSR count). The van der Waals surface area contributed by atoms with E-state index < -0.39 is 23.3 Å². The molecule has 21 heavy (non-hydrogen) atoms. The Bertz CT molecular complexity index is 728. The Morgan fingerprint density at radius 1 is 1.33 bits per heavy atom. The Balaban J connectivity index is 2.36. The number of nitrogens with one attached hydrogen (secondary N) is 2. The number of nitriles is 1. The van der Waals surface area contributed by atoms with E-state index in [0.717, 1.165) is 6.07 Å². The Hall–Kier alpha value is -2.95. The van der Waals surface area contributed by atoms with Crippen LogP contribution in [0.2, 0.25) is 0 Å². The molecule has 0 radical (unpaired) electrons. The van der Waals surface area contributed by atoms with Crippen LogP contribution in [0.3, 0.4) is 0 Å². The molecule has 1 heterocycles. The van der Waals surface area contributed by atoms with Gasteiger partial charge in [0, 0.05) is 11.9 Å². The maximum Gasteiger partial charge on any atom is 0.418 e. The van der Waals surface area contributed by atoms with Crippen molar-refractivity contribution in [2.24, 2.45) is 0 Å². The Labute approximate surface area is 117 Å². The zero-order valence-electron chi connectivity index (χ0n) is 10.5. The van der Waals surface area contributed by atoms with Crippen molar-refractivity contribution in [2.75, 3.05) is 11.1 Å². The second-order valence-corrected chi connectivity index (χ2v) is 4.17. The van der Waals surface area contributed by atoms with E-state index in [2.05, 4.69) is 10.3 Å². The van der Waals surface area contributed by atoms with Gasteiger partial charge in [-0.15, -0.1) is 0 Å². The van der Waals surface area contributed by atoms with Gasteiger partial charge in [0.25, 0.3) is 5.91 Å². The van der Waals surface area contributed by atoms with Gasteiger partial charge in [-0.05, 0) is 24.3 Å². The molecule has 0 aliphatic carbocycles. The van der Waals surface area contributed by atoms with Crippen LogP contribution in [0.15, 0.2) is 30.5 Å². The molecule has 0 saturated heterocycles. The van der Waals surface area contributed by atoms with Gasteiger partial charge in [-0.25, -0.2) is 0 Å². The first-order chi connectivity index (χ1) is 9.81. The van der Waals surface area contributed by atoms with Crippen LogP contribution >= 0.6 is 0 Å². The van der Waals surface area contributed by atoms with Crippen molar-refractivity contribution in [3.8, 4) is 6.07 Å². The molecule has 0 bridgehead atoms. The number of anilines is 2. The standard InChI is InChI=1S/C13H9F3N4O/c14-13(15,16)9-3-7(5-17)1-2-10(9)20-12(21)11-4-8(18)6-19-11/h1-4,6,19H,18H2,(H,20,21). The molecule has 0 saturated carbocycles. The first kappa shape index (κ1) is 14.5. The number of amides is 1. The summed E-state index contributed by atoms with van der Waals surface area (Å²) >= 11 is 0. The van der Waals surface area contributed by atoms with Crippen LogP contribution in [-0.2, 0) is 6.18 Å². The molecule has 0 unspecified atom stereocenters. The predicted octanol–water partition coefficient (Wildman–Crippen LogP) is 2.74. The van der Waals surface area contributed by atoms with Gasteiger partial charge in [0.2, 0.25) is 0 Å². The minimum absolute atomic E-state index is 0.0324. The number of nitrogens with two attached hydrogens (primary N) is 1. The van der Waals surface area contributed by atoms with E-state index in [4.69, 9.17) is 11.0 Å². The third-order valence-corrected chi connectivity index (χ3v) is 2.65. The summed E-state index contributed by atoms with van der Waals surface area (Å²) in [5.74, 6) is -0.762. The second kappa shape index (κ2) is 5.20. The molecule has 8 heteroatoms. The highest BCUT2D eigenvalue weighted by atomic mass is 19.4. The summed E-state index contributed by atoms with van der Waals surface area (Å²) in [7, 11) is 0.